The van der Waals surface area contributed by atoms with Crippen molar-refractivity contribution in [2.45, 2.75) is 45.4 Å². The van der Waals surface area contributed by atoms with Crippen molar-refractivity contribution in [3.05, 3.63) is 47.4 Å². The quantitative estimate of drug-likeness (QED) is 0.779. The molecule has 1 N–H and O–H groups in total. The first-order valence-electron chi connectivity index (χ1n) is 8.14. The minimum absolute atomic E-state index is 0.0772. The third kappa shape index (κ3) is 5.77. The number of hydrogen-bond donors (Lipinski definition) is 1. The molecule has 0 radical (unpaired) electrons. The Balaban J connectivity index is 1.71. The average Bonchev–Trinajstić information content (AvgIpc) is 3.02. The van der Waals surface area contributed by atoms with Gasteiger partial charge in [0.1, 0.15) is 5.82 Å². The van der Waals surface area contributed by atoms with Crippen molar-refractivity contribution >= 4 is 11.7 Å². The third-order valence-corrected chi connectivity index (χ3v) is 3.53. The number of Topliss-reactive ketones (excluding diaryl/α,β-unsaturated/α-hetero) is 1. The number of halogens is 1. The predicted molar refractivity (Wildman–Crippen MR) is 89.7 cm³/mol. The Morgan fingerprint density at radius 3 is 2.44 bits per heavy atom. The van der Waals surface area contributed by atoms with Gasteiger partial charge in [0.15, 0.2) is 11.6 Å². The largest absolute Gasteiger partial charge is 0.356 e. The van der Waals surface area contributed by atoms with Crippen molar-refractivity contribution in [3.63, 3.8) is 0 Å². The highest BCUT2D eigenvalue weighted by molar-refractivity contribution is 5.97. The van der Waals surface area contributed by atoms with Crippen LogP contribution in [0, 0.1) is 5.82 Å². The molecule has 0 saturated heterocycles. The first-order chi connectivity index (χ1) is 11.8. The maximum Gasteiger partial charge on any atom is 0.232 e. The second kappa shape index (κ2) is 8.00. The summed E-state index contributed by atoms with van der Waals surface area (Å²) in [4.78, 5) is 28.0. The van der Waals surface area contributed by atoms with Crippen LogP contribution in [0.2, 0.25) is 0 Å². The molecule has 0 aliphatic rings. The van der Waals surface area contributed by atoms with E-state index in [-0.39, 0.29) is 29.9 Å². The second-order valence-electron chi connectivity index (χ2n) is 6.80. The van der Waals surface area contributed by atoms with E-state index in [1.54, 1.807) is 0 Å². The van der Waals surface area contributed by atoms with Gasteiger partial charge in [-0.25, -0.2) is 4.39 Å². The van der Waals surface area contributed by atoms with E-state index in [0.29, 0.717) is 30.2 Å². The number of benzene rings is 1. The molecule has 0 saturated carbocycles. The molecule has 0 bridgehead atoms. The lowest BCUT2D eigenvalue weighted by Crippen LogP contribution is -2.26. The molecule has 25 heavy (non-hydrogen) atoms. The number of hydrogen-bond acceptors (Lipinski definition) is 5. The minimum atomic E-state index is -0.398. The van der Waals surface area contributed by atoms with Gasteiger partial charge in [-0.3, -0.25) is 9.59 Å². The summed E-state index contributed by atoms with van der Waals surface area (Å²) in [7, 11) is 0. The van der Waals surface area contributed by atoms with E-state index in [1.807, 2.05) is 20.8 Å². The molecule has 0 spiro atoms. The van der Waals surface area contributed by atoms with Gasteiger partial charge < -0.3 is 9.84 Å². The van der Waals surface area contributed by atoms with Gasteiger partial charge in [0.05, 0.1) is 0 Å². The summed E-state index contributed by atoms with van der Waals surface area (Å²) in [5, 5.41) is 6.60. The molecule has 0 aliphatic heterocycles. The van der Waals surface area contributed by atoms with Crippen LogP contribution in [-0.2, 0) is 16.6 Å². The van der Waals surface area contributed by atoms with Crippen molar-refractivity contribution in [3.8, 4) is 0 Å². The van der Waals surface area contributed by atoms with Crippen LogP contribution >= 0.6 is 0 Å². The van der Waals surface area contributed by atoms with E-state index in [4.69, 9.17) is 4.52 Å². The van der Waals surface area contributed by atoms with Crippen LogP contribution in [0.5, 0.6) is 0 Å². The van der Waals surface area contributed by atoms with Gasteiger partial charge in [0.25, 0.3) is 0 Å². The van der Waals surface area contributed by atoms with Crippen LogP contribution in [0.4, 0.5) is 4.39 Å². The van der Waals surface area contributed by atoms with Crippen LogP contribution < -0.4 is 5.32 Å². The Morgan fingerprint density at radius 2 is 1.84 bits per heavy atom. The van der Waals surface area contributed by atoms with Gasteiger partial charge in [-0.15, -0.1) is 0 Å². The number of nitrogens with one attached hydrogen (secondary N) is 1. The molecule has 0 fully saturated rings. The fourth-order valence-electron chi connectivity index (χ4n) is 2.07. The predicted octanol–water partition coefficient (Wildman–Crippen LogP) is 2.83. The van der Waals surface area contributed by atoms with Gasteiger partial charge in [-0.2, -0.15) is 4.98 Å². The van der Waals surface area contributed by atoms with E-state index in [0.717, 1.165) is 0 Å². The van der Waals surface area contributed by atoms with Crippen LogP contribution in [0.3, 0.4) is 0 Å². The summed E-state index contributed by atoms with van der Waals surface area (Å²) in [5.41, 5.74) is 0.186. The van der Waals surface area contributed by atoms with Crippen molar-refractivity contribution in [2.24, 2.45) is 0 Å². The molecule has 7 heteroatoms. The number of carbonyl (C=O) groups is 2. The summed E-state index contributed by atoms with van der Waals surface area (Å²) in [6.45, 7) is 6.30. The van der Waals surface area contributed by atoms with Crippen LogP contribution in [0.25, 0.3) is 0 Å². The van der Waals surface area contributed by atoms with Gasteiger partial charge in [-0.1, -0.05) is 25.9 Å². The van der Waals surface area contributed by atoms with Crippen molar-refractivity contribution in [1.82, 2.24) is 15.5 Å². The topological polar surface area (TPSA) is 85.1 Å². The number of carbonyl (C=O) groups excluding carboxylic acids is 2. The van der Waals surface area contributed by atoms with Gasteiger partial charge in [-0.05, 0) is 24.3 Å². The molecule has 0 aliphatic carbocycles. The Labute approximate surface area is 145 Å². The minimum Gasteiger partial charge on any atom is -0.356 e. The maximum atomic E-state index is 12.8. The molecule has 2 aromatic rings. The van der Waals surface area contributed by atoms with Crippen LogP contribution in [0.1, 0.15) is 55.7 Å². The molecule has 0 unspecified atom stereocenters. The highest BCUT2D eigenvalue weighted by Crippen LogP contribution is 2.19. The zero-order valence-electron chi connectivity index (χ0n) is 14.6. The highest BCUT2D eigenvalue weighted by atomic mass is 19.1. The number of rotatable bonds is 7. The number of ketones is 1. The fourth-order valence-corrected chi connectivity index (χ4v) is 2.07. The lowest BCUT2D eigenvalue weighted by Gasteiger charge is -2.10. The summed E-state index contributed by atoms with van der Waals surface area (Å²) >= 11 is 0. The van der Waals surface area contributed by atoms with E-state index >= 15 is 0 Å². The smallest absolute Gasteiger partial charge is 0.232 e. The lowest BCUT2D eigenvalue weighted by molar-refractivity contribution is -0.121. The zero-order chi connectivity index (χ0) is 18.4. The van der Waals surface area contributed by atoms with E-state index in [2.05, 4.69) is 15.5 Å². The lowest BCUT2D eigenvalue weighted by atomic mass is 9.97. The molecule has 2 rings (SSSR count). The SMILES string of the molecule is CC(C)(C)c1nc(CCNC(=O)CCC(=O)c2ccc(F)cc2)no1. The highest BCUT2D eigenvalue weighted by Gasteiger charge is 2.21. The number of aromatic nitrogens is 2. The zero-order valence-corrected chi connectivity index (χ0v) is 14.6. The van der Waals surface area contributed by atoms with E-state index in [1.165, 1.54) is 24.3 Å². The first kappa shape index (κ1) is 18.8. The van der Waals surface area contributed by atoms with Crippen molar-refractivity contribution in [2.75, 3.05) is 6.54 Å². The average molecular weight is 347 g/mol. The fraction of sp³-hybridized carbons (Fsp3) is 0.444. The van der Waals surface area contributed by atoms with Gasteiger partial charge in [0, 0.05) is 36.8 Å². The standard InChI is InChI=1S/C18H22FN3O3/c1-18(2,3)17-21-15(22-25-17)10-11-20-16(24)9-8-14(23)12-4-6-13(19)7-5-12/h4-7H,8-11H2,1-3H3,(H,20,24). The first-order valence-corrected chi connectivity index (χ1v) is 8.14. The molecular weight excluding hydrogens is 325 g/mol. The maximum absolute atomic E-state index is 12.8. The molecule has 1 amide bonds. The van der Waals surface area contributed by atoms with Crippen LogP contribution in [-0.4, -0.2) is 28.4 Å². The molecule has 0 atom stereocenters. The monoisotopic (exact) mass is 347 g/mol. The second-order valence-corrected chi connectivity index (χ2v) is 6.80. The summed E-state index contributed by atoms with van der Waals surface area (Å²) in [6, 6.07) is 5.28. The number of nitrogens with zero attached hydrogens (tertiary/aromatic N) is 2. The van der Waals surface area contributed by atoms with E-state index < -0.39 is 5.82 Å². The van der Waals surface area contributed by atoms with Crippen LogP contribution in [0.15, 0.2) is 28.8 Å². The normalized spacial score (nSPS) is 11.4. The van der Waals surface area contributed by atoms with E-state index in [9.17, 15) is 14.0 Å². The third-order valence-electron chi connectivity index (χ3n) is 3.53. The molecule has 1 aromatic heterocycles. The Morgan fingerprint density at radius 1 is 1.16 bits per heavy atom. The van der Waals surface area contributed by atoms with Crippen molar-refractivity contribution in [1.29, 1.82) is 0 Å². The summed E-state index contributed by atoms with van der Waals surface area (Å²) in [5.74, 6) is 0.273. The van der Waals surface area contributed by atoms with Crippen molar-refractivity contribution < 1.29 is 18.5 Å². The molecule has 1 heterocycles. The Hall–Kier alpha value is -2.57. The molecule has 6 nitrogen and oxygen atoms in total. The number of amides is 1. The van der Waals surface area contributed by atoms with Gasteiger partial charge in [0.2, 0.25) is 11.8 Å². The summed E-state index contributed by atoms with van der Waals surface area (Å²) in [6.07, 6.45) is 0.612. The Bertz CT molecular complexity index is 733. The summed E-state index contributed by atoms with van der Waals surface area (Å²) < 4.78 is 18.0. The Kier molecular flexibility index (Phi) is 6.01. The molecular formula is C18H22FN3O3. The van der Waals surface area contributed by atoms with Gasteiger partial charge >= 0.3 is 0 Å². The molecule has 134 valence electrons. The molecule has 1 aromatic carbocycles.